The van der Waals surface area contributed by atoms with Crippen LogP contribution in [-0.4, -0.2) is 10.2 Å². The molecule has 0 bridgehead atoms. The lowest BCUT2D eigenvalue weighted by atomic mass is 9.80. The topological polar surface area (TPSA) is 28.7 Å². The number of fused-ring (bicyclic) bond motifs is 1. The van der Waals surface area contributed by atoms with E-state index in [-0.39, 0.29) is 5.41 Å². The minimum absolute atomic E-state index is 0.163. The highest BCUT2D eigenvalue weighted by Crippen LogP contribution is 2.34. The van der Waals surface area contributed by atoms with Gasteiger partial charge in [0.15, 0.2) is 0 Å². The third-order valence-electron chi connectivity index (χ3n) is 3.63. The molecule has 0 atom stereocenters. The highest BCUT2D eigenvalue weighted by molar-refractivity contribution is 6.30. The third-order valence-corrected chi connectivity index (χ3v) is 3.88. The van der Waals surface area contributed by atoms with Crippen molar-refractivity contribution in [3.8, 4) is 0 Å². The number of benzene rings is 2. The largest absolute Gasteiger partial charge is 0.278 e. The monoisotopic (exact) mass is 270 g/mol. The molecular formula is C16H15ClN2. The van der Waals surface area contributed by atoms with Crippen molar-refractivity contribution in [3.63, 3.8) is 0 Å². The van der Waals surface area contributed by atoms with Gasteiger partial charge in [-0.2, -0.15) is 5.10 Å². The number of halogens is 1. The Labute approximate surface area is 117 Å². The Hall–Kier alpha value is -1.80. The molecule has 96 valence electrons. The van der Waals surface area contributed by atoms with Crippen LogP contribution in [0.25, 0.3) is 10.9 Å². The van der Waals surface area contributed by atoms with E-state index < -0.39 is 0 Å². The molecule has 0 aliphatic heterocycles. The van der Waals surface area contributed by atoms with Crippen LogP contribution in [0.15, 0.2) is 48.5 Å². The van der Waals surface area contributed by atoms with Crippen molar-refractivity contribution in [1.82, 2.24) is 10.2 Å². The summed E-state index contributed by atoms with van der Waals surface area (Å²) in [7, 11) is 0. The maximum absolute atomic E-state index is 5.96. The minimum atomic E-state index is -0.163. The molecule has 2 aromatic carbocycles. The van der Waals surface area contributed by atoms with Gasteiger partial charge < -0.3 is 0 Å². The standard InChI is InChI=1S/C16H15ClN2/c1-16(2,11-7-9-12(17)10-8-11)15-13-5-3-4-6-14(13)18-19-15/h3-10H,1-2H3,(H,18,19). The average Bonchev–Trinajstić information content (AvgIpc) is 2.83. The van der Waals surface area contributed by atoms with Crippen LogP contribution in [0.5, 0.6) is 0 Å². The zero-order valence-electron chi connectivity index (χ0n) is 10.9. The number of aromatic nitrogens is 2. The van der Waals surface area contributed by atoms with E-state index in [0.29, 0.717) is 0 Å². The first-order valence-electron chi connectivity index (χ1n) is 6.28. The number of hydrogen-bond acceptors (Lipinski definition) is 1. The van der Waals surface area contributed by atoms with Crippen LogP contribution in [-0.2, 0) is 5.41 Å². The van der Waals surface area contributed by atoms with Gasteiger partial charge in [-0.05, 0) is 23.8 Å². The Bertz CT molecular complexity index is 711. The summed E-state index contributed by atoms with van der Waals surface area (Å²) in [4.78, 5) is 0. The second kappa shape index (κ2) is 4.39. The lowest BCUT2D eigenvalue weighted by Gasteiger charge is -2.23. The van der Waals surface area contributed by atoms with Gasteiger partial charge in [-0.1, -0.05) is 55.8 Å². The van der Waals surface area contributed by atoms with E-state index in [4.69, 9.17) is 11.6 Å². The van der Waals surface area contributed by atoms with Crippen LogP contribution >= 0.6 is 11.6 Å². The number of rotatable bonds is 2. The fourth-order valence-electron chi connectivity index (χ4n) is 2.44. The SMILES string of the molecule is CC(C)(c1ccc(Cl)cc1)c1n[nH]c2ccccc12. The number of nitrogens with one attached hydrogen (secondary N) is 1. The molecule has 0 aliphatic rings. The summed E-state index contributed by atoms with van der Waals surface area (Å²) in [6.45, 7) is 4.36. The Kier molecular flexibility index (Phi) is 2.83. The molecule has 0 spiro atoms. The van der Waals surface area contributed by atoms with E-state index in [0.717, 1.165) is 16.2 Å². The number of aromatic amines is 1. The number of para-hydroxylation sites is 1. The van der Waals surface area contributed by atoms with Crippen molar-refractivity contribution in [3.05, 3.63) is 64.8 Å². The van der Waals surface area contributed by atoms with Crippen molar-refractivity contribution < 1.29 is 0 Å². The Morgan fingerprint density at radius 1 is 1.00 bits per heavy atom. The highest BCUT2D eigenvalue weighted by atomic mass is 35.5. The first kappa shape index (κ1) is 12.2. The molecule has 19 heavy (non-hydrogen) atoms. The Morgan fingerprint density at radius 2 is 1.68 bits per heavy atom. The summed E-state index contributed by atoms with van der Waals surface area (Å²) in [6, 6.07) is 16.2. The Morgan fingerprint density at radius 3 is 2.42 bits per heavy atom. The predicted molar refractivity (Wildman–Crippen MR) is 79.7 cm³/mol. The first-order valence-corrected chi connectivity index (χ1v) is 6.66. The quantitative estimate of drug-likeness (QED) is 0.727. The molecule has 0 saturated carbocycles. The first-order chi connectivity index (χ1) is 9.09. The third kappa shape index (κ3) is 2.02. The number of nitrogens with zero attached hydrogens (tertiary/aromatic N) is 1. The molecule has 1 heterocycles. The molecule has 0 amide bonds. The molecule has 3 heteroatoms. The van der Waals surface area contributed by atoms with E-state index in [1.807, 2.05) is 30.3 Å². The van der Waals surface area contributed by atoms with Gasteiger partial charge in [0.1, 0.15) is 0 Å². The van der Waals surface area contributed by atoms with Crippen molar-refractivity contribution in [2.75, 3.05) is 0 Å². The molecule has 1 aromatic heterocycles. The molecule has 0 fully saturated rings. The van der Waals surface area contributed by atoms with Gasteiger partial charge in [-0.25, -0.2) is 0 Å². The van der Waals surface area contributed by atoms with E-state index in [1.165, 1.54) is 10.9 Å². The molecule has 0 aliphatic carbocycles. The summed E-state index contributed by atoms with van der Waals surface area (Å²) in [5.41, 5.74) is 3.17. The van der Waals surface area contributed by atoms with E-state index in [2.05, 4.69) is 42.2 Å². The van der Waals surface area contributed by atoms with Gasteiger partial charge in [0.25, 0.3) is 0 Å². The zero-order chi connectivity index (χ0) is 13.5. The molecule has 0 unspecified atom stereocenters. The van der Waals surface area contributed by atoms with Crippen molar-refractivity contribution in [2.24, 2.45) is 0 Å². The van der Waals surface area contributed by atoms with Gasteiger partial charge in [-0.3, -0.25) is 5.10 Å². The zero-order valence-corrected chi connectivity index (χ0v) is 11.7. The van der Waals surface area contributed by atoms with Crippen LogP contribution in [0.3, 0.4) is 0 Å². The smallest absolute Gasteiger partial charge is 0.0800 e. The number of hydrogen-bond donors (Lipinski definition) is 1. The summed E-state index contributed by atoms with van der Waals surface area (Å²) < 4.78 is 0. The molecule has 1 N–H and O–H groups in total. The second-order valence-electron chi connectivity index (χ2n) is 5.25. The molecule has 2 nitrogen and oxygen atoms in total. The van der Waals surface area contributed by atoms with Gasteiger partial charge in [0, 0.05) is 15.8 Å². The highest BCUT2D eigenvalue weighted by Gasteiger charge is 2.27. The van der Waals surface area contributed by atoms with E-state index in [1.54, 1.807) is 0 Å². The molecule has 0 saturated heterocycles. The fourth-order valence-corrected chi connectivity index (χ4v) is 2.57. The summed E-state index contributed by atoms with van der Waals surface area (Å²) in [5, 5.41) is 9.53. The van der Waals surface area contributed by atoms with Crippen LogP contribution in [0.2, 0.25) is 5.02 Å². The lowest BCUT2D eigenvalue weighted by Crippen LogP contribution is -2.19. The normalized spacial score (nSPS) is 11.9. The maximum atomic E-state index is 5.96. The average molecular weight is 271 g/mol. The van der Waals surface area contributed by atoms with Crippen LogP contribution in [0.4, 0.5) is 0 Å². The molecule has 3 aromatic rings. The van der Waals surface area contributed by atoms with Crippen LogP contribution in [0.1, 0.15) is 25.1 Å². The lowest BCUT2D eigenvalue weighted by molar-refractivity contribution is 0.619. The van der Waals surface area contributed by atoms with Crippen LogP contribution < -0.4 is 0 Å². The van der Waals surface area contributed by atoms with Crippen molar-refractivity contribution in [1.29, 1.82) is 0 Å². The van der Waals surface area contributed by atoms with Gasteiger partial charge in [-0.15, -0.1) is 0 Å². The van der Waals surface area contributed by atoms with Crippen molar-refractivity contribution in [2.45, 2.75) is 19.3 Å². The summed E-state index contributed by atoms with van der Waals surface area (Å²) in [6.07, 6.45) is 0. The van der Waals surface area contributed by atoms with Gasteiger partial charge >= 0.3 is 0 Å². The predicted octanol–water partition coefficient (Wildman–Crippen LogP) is 4.54. The molecule has 3 rings (SSSR count). The van der Waals surface area contributed by atoms with Gasteiger partial charge in [0.2, 0.25) is 0 Å². The van der Waals surface area contributed by atoms with Gasteiger partial charge in [0.05, 0.1) is 11.2 Å². The van der Waals surface area contributed by atoms with E-state index >= 15 is 0 Å². The summed E-state index contributed by atoms with van der Waals surface area (Å²) >= 11 is 5.96. The summed E-state index contributed by atoms with van der Waals surface area (Å²) in [5.74, 6) is 0. The Balaban J connectivity index is 2.16. The molecular weight excluding hydrogens is 256 g/mol. The van der Waals surface area contributed by atoms with Crippen LogP contribution in [0, 0.1) is 0 Å². The fraction of sp³-hybridized carbons (Fsp3) is 0.188. The number of H-pyrrole nitrogens is 1. The van der Waals surface area contributed by atoms with E-state index in [9.17, 15) is 0 Å². The second-order valence-corrected chi connectivity index (χ2v) is 5.69. The maximum Gasteiger partial charge on any atom is 0.0800 e. The molecule has 0 radical (unpaired) electrons. The van der Waals surface area contributed by atoms with Crippen molar-refractivity contribution >= 4 is 22.5 Å². The minimum Gasteiger partial charge on any atom is -0.278 e.